The van der Waals surface area contributed by atoms with Gasteiger partial charge in [-0.2, -0.15) is 11.8 Å². The largest absolute Gasteiger partial charge is 0.465 e. The molecule has 0 aromatic carbocycles. The van der Waals surface area contributed by atoms with Gasteiger partial charge in [0.05, 0.1) is 12.4 Å². The molecular weight excluding hydrogens is 260 g/mol. The molecule has 0 aliphatic rings. The Morgan fingerprint density at radius 3 is 2.59 bits per heavy atom. The summed E-state index contributed by atoms with van der Waals surface area (Å²) in [5.41, 5.74) is 0. The van der Waals surface area contributed by atoms with Gasteiger partial charge in [0.25, 0.3) is 0 Å². The number of thioether (sulfide) groups is 1. The predicted octanol–water partition coefficient (Wildman–Crippen LogP) is 3.35. The highest BCUT2D eigenvalue weighted by molar-refractivity contribution is 7.99. The Hall–Kier alpha value is -0.460. The Balaban J connectivity index is 3.49. The van der Waals surface area contributed by atoms with Crippen molar-refractivity contribution < 1.29 is 27.1 Å². The van der Waals surface area contributed by atoms with Crippen LogP contribution in [0.15, 0.2) is 0 Å². The topological polar surface area (TPSA) is 26.3 Å². The van der Waals surface area contributed by atoms with Crippen molar-refractivity contribution in [1.29, 1.82) is 0 Å². The van der Waals surface area contributed by atoms with E-state index >= 15 is 0 Å². The first-order chi connectivity index (χ1) is 7.90. The lowest BCUT2D eigenvalue weighted by Gasteiger charge is -2.14. The average Bonchev–Trinajstić information content (AvgIpc) is 2.25. The standard InChI is InChI=1S/C10H16F4O2S/c1-2-5-16-8(15)7-17-6-3-4-10(13,14)9(11)12/h9H,2-7H2,1H3. The minimum absolute atomic E-state index is 0.0525. The Morgan fingerprint density at radius 1 is 1.41 bits per heavy atom. The van der Waals surface area contributed by atoms with Gasteiger partial charge in [0.1, 0.15) is 0 Å². The second-order valence-electron chi connectivity index (χ2n) is 3.44. The van der Waals surface area contributed by atoms with E-state index in [4.69, 9.17) is 4.74 Å². The lowest BCUT2D eigenvalue weighted by Crippen LogP contribution is -2.26. The van der Waals surface area contributed by atoms with Crippen LogP contribution < -0.4 is 0 Å². The van der Waals surface area contributed by atoms with Crippen LogP contribution in [-0.2, 0) is 9.53 Å². The van der Waals surface area contributed by atoms with E-state index in [1.165, 1.54) is 0 Å². The number of hydrogen-bond acceptors (Lipinski definition) is 3. The van der Waals surface area contributed by atoms with Gasteiger partial charge in [-0.25, -0.2) is 17.6 Å². The third-order valence-electron chi connectivity index (χ3n) is 1.81. The normalized spacial score (nSPS) is 11.9. The number of alkyl halides is 4. The molecule has 0 aliphatic heterocycles. The Morgan fingerprint density at radius 2 is 2.06 bits per heavy atom. The molecule has 0 saturated carbocycles. The molecule has 0 amide bonds. The molecule has 102 valence electrons. The second-order valence-corrected chi connectivity index (χ2v) is 4.54. The number of ether oxygens (including phenoxy) is 1. The van der Waals surface area contributed by atoms with E-state index < -0.39 is 24.7 Å². The van der Waals surface area contributed by atoms with E-state index in [0.29, 0.717) is 6.61 Å². The van der Waals surface area contributed by atoms with Crippen LogP contribution in [0.4, 0.5) is 17.6 Å². The van der Waals surface area contributed by atoms with Crippen molar-refractivity contribution in [3.05, 3.63) is 0 Å². The van der Waals surface area contributed by atoms with Crippen LogP contribution in [0.1, 0.15) is 26.2 Å². The first-order valence-corrected chi connectivity index (χ1v) is 6.45. The van der Waals surface area contributed by atoms with E-state index in [-0.39, 0.29) is 17.9 Å². The van der Waals surface area contributed by atoms with Gasteiger partial charge in [0.2, 0.25) is 0 Å². The molecule has 0 saturated heterocycles. The molecule has 0 rings (SSSR count). The number of carbonyl (C=O) groups excluding carboxylic acids is 1. The van der Waals surface area contributed by atoms with Crippen molar-refractivity contribution in [2.45, 2.75) is 38.5 Å². The summed E-state index contributed by atoms with van der Waals surface area (Å²) in [6, 6.07) is 0. The van der Waals surface area contributed by atoms with Crippen molar-refractivity contribution in [2.75, 3.05) is 18.1 Å². The van der Waals surface area contributed by atoms with Crippen molar-refractivity contribution in [3.8, 4) is 0 Å². The molecule has 17 heavy (non-hydrogen) atoms. The van der Waals surface area contributed by atoms with E-state index in [1.807, 2.05) is 6.92 Å². The molecule has 7 heteroatoms. The van der Waals surface area contributed by atoms with Crippen molar-refractivity contribution in [2.24, 2.45) is 0 Å². The molecule has 0 heterocycles. The summed E-state index contributed by atoms with van der Waals surface area (Å²) in [7, 11) is 0. The van der Waals surface area contributed by atoms with Crippen molar-refractivity contribution in [3.63, 3.8) is 0 Å². The van der Waals surface area contributed by atoms with E-state index in [2.05, 4.69) is 0 Å². The summed E-state index contributed by atoms with van der Waals surface area (Å²) < 4.78 is 53.2. The van der Waals surface area contributed by atoms with Gasteiger partial charge in [-0.05, 0) is 18.6 Å². The second kappa shape index (κ2) is 8.60. The molecule has 0 fully saturated rings. The van der Waals surface area contributed by atoms with Crippen LogP contribution in [0.25, 0.3) is 0 Å². The third-order valence-corrected chi connectivity index (χ3v) is 2.82. The van der Waals surface area contributed by atoms with Crippen LogP contribution in [0, 0.1) is 0 Å². The first kappa shape index (κ1) is 16.5. The highest BCUT2D eigenvalue weighted by Crippen LogP contribution is 2.28. The van der Waals surface area contributed by atoms with E-state index in [1.54, 1.807) is 0 Å². The van der Waals surface area contributed by atoms with Crippen molar-refractivity contribution in [1.82, 2.24) is 0 Å². The Bertz CT molecular complexity index is 224. The quantitative estimate of drug-likeness (QED) is 0.367. The lowest BCUT2D eigenvalue weighted by atomic mass is 10.2. The van der Waals surface area contributed by atoms with E-state index in [9.17, 15) is 22.4 Å². The summed E-state index contributed by atoms with van der Waals surface area (Å²) in [4.78, 5) is 11.0. The molecule has 0 bridgehead atoms. The smallest absolute Gasteiger partial charge is 0.315 e. The van der Waals surface area contributed by atoms with Crippen LogP contribution >= 0.6 is 11.8 Å². The molecule has 0 atom stereocenters. The number of carbonyl (C=O) groups is 1. The zero-order valence-electron chi connectivity index (χ0n) is 9.56. The van der Waals surface area contributed by atoms with Crippen LogP contribution in [0.5, 0.6) is 0 Å². The average molecular weight is 276 g/mol. The number of esters is 1. The van der Waals surface area contributed by atoms with Crippen LogP contribution in [0.3, 0.4) is 0 Å². The van der Waals surface area contributed by atoms with Gasteiger partial charge in [-0.15, -0.1) is 0 Å². The Kier molecular flexibility index (Phi) is 8.37. The third kappa shape index (κ3) is 8.29. The SMILES string of the molecule is CCCOC(=O)CSCCCC(F)(F)C(F)F. The van der Waals surface area contributed by atoms with Crippen molar-refractivity contribution >= 4 is 17.7 Å². The maximum absolute atomic E-state index is 12.4. The number of rotatable bonds is 9. The lowest BCUT2D eigenvalue weighted by molar-refractivity contribution is -0.140. The van der Waals surface area contributed by atoms with Gasteiger partial charge in [0.15, 0.2) is 0 Å². The predicted molar refractivity (Wildman–Crippen MR) is 58.8 cm³/mol. The monoisotopic (exact) mass is 276 g/mol. The fourth-order valence-corrected chi connectivity index (χ4v) is 1.67. The molecule has 0 spiro atoms. The summed E-state index contributed by atoms with van der Waals surface area (Å²) in [6.07, 6.45) is -3.82. The molecule has 0 unspecified atom stereocenters. The summed E-state index contributed by atoms with van der Waals surface area (Å²) in [6.45, 7) is 2.19. The minimum atomic E-state index is -3.93. The molecule has 0 aromatic heterocycles. The van der Waals surface area contributed by atoms with E-state index in [0.717, 1.165) is 18.2 Å². The zero-order chi connectivity index (χ0) is 13.3. The maximum Gasteiger partial charge on any atom is 0.315 e. The maximum atomic E-state index is 12.4. The highest BCUT2D eigenvalue weighted by Gasteiger charge is 2.39. The fourth-order valence-electron chi connectivity index (χ4n) is 0.932. The molecular formula is C10H16F4O2S. The minimum Gasteiger partial charge on any atom is -0.465 e. The molecule has 2 nitrogen and oxygen atoms in total. The van der Waals surface area contributed by atoms with Gasteiger partial charge >= 0.3 is 18.3 Å². The van der Waals surface area contributed by atoms with Gasteiger partial charge in [-0.3, -0.25) is 4.79 Å². The van der Waals surface area contributed by atoms with Gasteiger partial charge in [-0.1, -0.05) is 6.92 Å². The summed E-state index contributed by atoms with van der Waals surface area (Å²) in [5.74, 6) is -4.02. The van der Waals surface area contributed by atoms with Crippen LogP contribution in [-0.4, -0.2) is 36.4 Å². The number of hydrogen-bond donors (Lipinski definition) is 0. The van der Waals surface area contributed by atoms with Crippen LogP contribution in [0.2, 0.25) is 0 Å². The highest BCUT2D eigenvalue weighted by atomic mass is 32.2. The molecule has 0 aromatic rings. The zero-order valence-corrected chi connectivity index (χ0v) is 10.4. The van der Waals surface area contributed by atoms with Gasteiger partial charge in [0, 0.05) is 6.42 Å². The van der Waals surface area contributed by atoms with Gasteiger partial charge < -0.3 is 4.74 Å². The molecule has 0 N–H and O–H groups in total. The fraction of sp³-hybridized carbons (Fsp3) is 0.900. The summed E-state index contributed by atoms with van der Waals surface area (Å²) >= 11 is 1.11. The summed E-state index contributed by atoms with van der Waals surface area (Å²) in [5, 5.41) is 0. The first-order valence-electron chi connectivity index (χ1n) is 5.29. The number of halogens is 4. The molecule has 0 aliphatic carbocycles. The molecule has 0 radical (unpaired) electrons. The Labute approximate surface area is 102 Å².